The first-order chi connectivity index (χ1) is 13.6. The summed E-state index contributed by atoms with van der Waals surface area (Å²) >= 11 is 7.13. The molecule has 0 bridgehead atoms. The van der Waals surface area contributed by atoms with Crippen molar-refractivity contribution < 1.29 is 8.83 Å². The van der Waals surface area contributed by atoms with Crippen molar-refractivity contribution in [2.45, 2.75) is 0 Å². The van der Waals surface area contributed by atoms with Gasteiger partial charge in [-0.3, -0.25) is 0 Å². The van der Waals surface area contributed by atoms with Crippen LogP contribution < -0.4 is 5.63 Å². The monoisotopic (exact) mass is 494 g/mol. The number of benzene rings is 3. The van der Waals surface area contributed by atoms with Crippen molar-refractivity contribution in [3.05, 3.63) is 92.2 Å². The van der Waals surface area contributed by atoms with Gasteiger partial charge in [-0.25, -0.2) is 4.79 Å². The van der Waals surface area contributed by atoms with Crippen LogP contribution in [0, 0.1) is 0 Å². The minimum Gasteiger partial charge on any atom is -0.454 e. The van der Waals surface area contributed by atoms with E-state index in [2.05, 4.69) is 31.9 Å². The Morgan fingerprint density at radius 2 is 1.46 bits per heavy atom. The van der Waals surface area contributed by atoms with Crippen molar-refractivity contribution in [2.24, 2.45) is 0 Å². The Bertz CT molecular complexity index is 1400. The first kappa shape index (κ1) is 17.5. The summed E-state index contributed by atoms with van der Waals surface area (Å²) in [6, 6.07) is 23.0. The molecule has 3 aromatic carbocycles. The maximum Gasteiger partial charge on any atom is 0.348 e. The third-order valence-electron chi connectivity index (χ3n) is 4.68. The average molecular weight is 496 g/mol. The van der Waals surface area contributed by atoms with Crippen LogP contribution in [0.5, 0.6) is 0 Å². The lowest BCUT2D eigenvalue weighted by atomic mass is 10.0. The highest BCUT2D eigenvalue weighted by atomic mass is 79.9. The fourth-order valence-electron chi connectivity index (χ4n) is 3.45. The Morgan fingerprint density at radius 3 is 2.25 bits per heavy atom. The number of hydrogen-bond donors (Lipinski definition) is 0. The molecule has 0 aliphatic heterocycles. The van der Waals surface area contributed by atoms with E-state index >= 15 is 0 Å². The minimum atomic E-state index is -0.411. The van der Waals surface area contributed by atoms with Crippen LogP contribution in [0.4, 0.5) is 0 Å². The van der Waals surface area contributed by atoms with Gasteiger partial charge in [0.05, 0.1) is 0 Å². The van der Waals surface area contributed by atoms with Gasteiger partial charge in [0.2, 0.25) is 0 Å². The Morgan fingerprint density at radius 1 is 0.714 bits per heavy atom. The molecule has 28 heavy (non-hydrogen) atoms. The number of fused-ring (bicyclic) bond motifs is 3. The fourth-order valence-corrected chi connectivity index (χ4v) is 4.27. The van der Waals surface area contributed by atoms with Crippen molar-refractivity contribution in [2.75, 3.05) is 0 Å². The van der Waals surface area contributed by atoms with Crippen molar-refractivity contribution in [3.8, 4) is 22.6 Å². The molecular formula is C23H12Br2O3. The second kappa shape index (κ2) is 6.76. The lowest BCUT2D eigenvalue weighted by Crippen LogP contribution is -1.99. The van der Waals surface area contributed by atoms with Crippen LogP contribution in [0.1, 0.15) is 0 Å². The molecule has 3 nitrogen and oxygen atoms in total. The molecule has 0 atom stereocenters. The van der Waals surface area contributed by atoms with E-state index in [9.17, 15) is 4.79 Å². The Labute approximate surface area is 176 Å². The van der Waals surface area contributed by atoms with Gasteiger partial charge in [-0.1, -0.05) is 80.4 Å². The number of furan rings is 1. The highest BCUT2D eigenvalue weighted by molar-refractivity contribution is 9.10. The Balaban J connectivity index is 2.02. The SMILES string of the molecule is O=c1oc2ccc(Br)cc2c2c(-c3ccccc3Br)oc(-c3ccccc3)c12. The maximum absolute atomic E-state index is 13.0. The van der Waals surface area contributed by atoms with Crippen LogP contribution in [-0.2, 0) is 0 Å². The third kappa shape index (κ3) is 2.74. The summed E-state index contributed by atoms with van der Waals surface area (Å²) in [5.74, 6) is 1.15. The van der Waals surface area contributed by atoms with E-state index in [0.717, 1.165) is 30.8 Å². The van der Waals surface area contributed by atoms with Crippen LogP contribution in [0.25, 0.3) is 44.4 Å². The molecule has 5 rings (SSSR count). The molecule has 0 saturated heterocycles. The second-order valence-electron chi connectivity index (χ2n) is 6.39. The van der Waals surface area contributed by atoms with E-state index < -0.39 is 5.63 Å². The molecule has 0 fully saturated rings. The quantitative estimate of drug-likeness (QED) is 0.239. The van der Waals surface area contributed by atoms with Crippen LogP contribution >= 0.6 is 31.9 Å². The molecule has 5 aromatic rings. The molecule has 2 aromatic heterocycles. The van der Waals surface area contributed by atoms with E-state index in [1.165, 1.54) is 0 Å². The number of rotatable bonds is 2. The number of hydrogen-bond acceptors (Lipinski definition) is 3. The molecule has 0 unspecified atom stereocenters. The topological polar surface area (TPSA) is 43.4 Å². The zero-order valence-electron chi connectivity index (χ0n) is 14.4. The average Bonchev–Trinajstić information content (AvgIpc) is 3.11. The van der Waals surface area contributed by atoms with Gasteiger partial charge in [0.15, 0.2) is 0 Å². The summed E-state index contributed by atoms with van der Waals surface area (Å²) < 4.78 is 13.8. The van der Waals surface area contributed by atoms with Crippen molar-refractivity contribution in [1.82, 2.24) is 0 Å². The van der Waals surface area contributed by atoms with Crippen molar-refractivity contribution in [1.29, 1.82) is 0 Å². The largest absolute Gasteiger partial charge is 0.454 e. The van der Waals surface area contributed by atoms with E-state index in [1.54, 1.807) is 6.07 Å². The van der Waals surface area contributed by atoms with Crippen molar-refractivity contribution in [3.63, 3.8) is 0 Å². The summed E-state index contributed by atoms with van der Waals surface area (Å²) in [5.41, 5.74) is 1.81. The molecular weight excluding hydrogens is 484 g/mol. The Kier molecular flexibility index (Phi) is 4.22. The lowest BCUT2D eigenvalue weighted by Gasteiger charge is -2.04. The summed E-state index contributed by atoms with van der Waals surface area (Å²) in [6.45, 7) is 0. The van der Waals surface area contributed by atoms with E-state index in [0.29, 0.717) is 22.5 Å². The summed E-state index contributed by atoms with van der Waals surface area (Å²) in [7, 11) is 0. The molecule has 0 amide bonds. The van der Waals surface area contributed by atoms with Crippen LogP contribution in [-0.4, -0.2) is 0 Å². The van der Waals surface area contributed by atoms with Crippen LogP contribution in [0.3, 0.4) is 0 Å². The van der Waals surface area contributed by atoms with E-state index in [1.807, 2.05) is 66.7 Å². The summed E-state index contributed by atoms with van der Waals surface area (Å²) in [6.07, 6.45) is 0. The maximum atomic E-state index is 13.0. The van der Waals surface area contributed by atoms with Crippen LogP contribution in [0.2, 0.25) is 0 Å². The third-order valence-corrected chi connectivity index (χ3v) is 5.87. The molecule has 0 saturated carbocycles. The molecule has 2 heterocycles. The molecule has 5 heteroatoms. The zero-order chi connectivity index (χ0) is 19.3. The van der Waals surface area contributed by atoms with E-state index in [4.69, 9.17) is 8.83 Å². The van der Waals surface area contributed by atoms with Gasteiger partial charge in [-0.15, -0.1) is 0 Å². The van der Waals surface area contributed by atoms with E-state index in [-0.39, 0.29) is 0 Å². The van der Waals surface area contributed by atoms with Gasteiger partial charge in [0.25, 0.3) is 0 Å². The van der Waals surface area contributed by atoms with Gasteiger partial charge in [-0.05, 0) is 24.3 Å². The van der Waals surface area contributed by atoms with Crippen LogP contribution in [0.15, 0.2) is 95.4 Å². The molecule has 0 aliphatic carbocycles. The fraction of sp³-hybridized carbons (Fsp3) is 0. The summed E-state index contributed by atoms with van der Waals surface area (Å²) in [4.78, 5) is 13.0. The lowest BCUT2D eigenvalue weighted by molar-refractivity contribution is 0.567. The summed E-state index contributed by atoms with van der Waals surface area (Å²) in [5, 5.41) is 2.02. The first-order valence-electron chi connectivity index (χ1n) is 8.62. The van der Waals surface area contributed by atoms with Gasteiger partial charge in [0.1, 0.15) is 22.5 Å². The number of halogens is 2. The normalized spacial score (nSPS) is 11.4. The standard InChI is InChI=1S/C23H12Br2O3/c24-14-10-11-18-16(12-14)19-20(23(26)27-18)21(13-6-2-1-3-7-13)28-22(19)15-8-4-5-9-17(15)25/h1-12H. The van der Waals surface area contributed by atoms with Gasteiger partial charge in [-0.2, -0.15) is 0 Å². The molecule has 0 radical (unpaired) electrons. The highest BCUT2D eigenvalue weighted by Gasteiger charge is 2.24. The predicted molar refractivity (Wildman–Crippen MR) is 119 cm³/mol. The van der Waals surface area contributed by atoms with Gasteiger partial charge < -0.3 is 8.83 Å². The highest BCUT2D eigenvalue weighted by Crippen LogP contribution is 2.43. The smallest absolute Gasteiger partial charge is 0.348 e. The molecule has 0 spiro atoms. The second-order valence-corrected chi connectivity index (χ2v) is 8.16. The Hall–Kier alpha value is -2.63. The molecule has 0 N–H and O–H groups in total. The zero-order valence-corrected chi connectivity index (χ0v) is 17.6. The molecule has 0 aliphatic rings. The van der Waals surface area contributed by atoms with Gasteiger partial charge >= 0.3 is 5.63 Å². The van der Waals surface area contributed by atoms with Gasteiger partial charge in [0, 0.05) is 30.8 Å². The minimum absolute atomic E-state index is 0.411. The molecule has 136 valence electrons. The first-order valence-corrected chi connectivity index (χ1v) is 10.2. The predicted octanol–water partition coefficient (Wildman–Crippen LogP) is 7.40. The van der Waals surface area contributed by atoms with Crippen molar-refractivity contribution >= 4 is 53.6 Å².